The molecule has 1 N–H and O–H groups in total. The van der Waals surface area contributed by atoms with Gasteiger partial charge in [0.25, 0.3) is 0 Å². The van der Waals surface area contributed by atoms with Crippen LogP contribution >= 0.6 is 27.7 Å². The summed E-state index contributed by atoms with van der Waals surface area (Å²) in [4.78, 5) is 10.7. The molecule has 0 saturated heterocycles. The monoisotopic (exact) mass is 353 g/mol. The van der Waals surface area contributed by atoms with Crippen molar-refractivity contribution in [3.05, 3.63) is 28.7 Å². The molecule has 0 atom stereocenters. The maximum Gasteiger partial charge on any atom is 0.313 e. The molecule has 0 amide bonds. The van der Waals surface area contributed by atoms with Crippen LogP contribution in [0.1, 0.15) is 18.9 Å². The highest BCUT2D eigenvalue weighted by molar-refractivity contribution is 9.10. The number of carboxylic acid groups (broad SMARTS) is 1. The van der Waals surface area contributed by atoms with Gasteiger partial charge in [0.15, 0.2) is 11.0 Å². The summed E-state index contributed by atoms with van der Waals surface area (Å²) in [5, 5.41) is 17.9. The molecule has 1 heterocycles. The van der Waals surface area contributed by atoms with E-state index >= 15 is 0 Å². The molecule has 1 aromatic carbocycles. The van der Waals surface area contributed by atoms with Gasteiger partial charge in [0, 0.05) is 16.1 Å². The smallest absolute Gasteiger partial charge is 0.313 e. The Morgan fingerprint density at radius 3 is 2.80 bits per heavy atom. The van der Waals surface area contributed by atoms with E-state index in [1.54, 1.807) is 0 Å². The zero-order valence-electron chi connectivity index (χ0n) is 10.5. The van der Waals surface area contributed by atoms with Gasteiger partial charge >= 0.3 is 5.97 Å². The topological polar surface area (TPSA) is 68.0 Å². The lowest BCUT2D eigenvalue weighted by Crippen LogP contribution is -2.03. The Bertz CT molecular complexity index is 655. The minimum absolute atomic E-state index is 0.000806. The van der Waals surface area contributed by atoms with E-state index < -0.39 is 5.97 Å². The number of aromatic nitrogens is 3. The van der Waals surface area contributed by atoms with E-state index in [9.17, 15) is 4.79 Å². The molecule has 1 fully saturated rings. The molecule has 0 aliphatic heterocycles. The van der Waals surface area contributed by atoms with Crippen LogP contribution in [0.4, 0.5) is 0 Å². The third-order valence-corrected chi connectivity index (χ3v) is 4.64. The lowest BCUT2D eigenvalue weighted by molar-refractivity contribution is -0.133. The second kappa shape index (κ2) is 5.57. The van der Waals surface area contributed by atoms with E-state index in [0.717, 1.165) is 28.7 Å². The predicted molar refractivity (Wildman–Crippen MR) is 79.8 cm³/mol. The number of carboxylic acids is 1. The largest absolute Gasteiger partial charge is 0.481 e. The van der Waals surface area contributed by atoms with Gasteiger partial charge < -0.3 is 5.11 Å². The fourth-order valence-electron chi connectivity index (χ4n) is 1.99. The summed E-state index contributed by atoms with van der Waals surface area (Å²) in [6.45, 7) is 0. The maximum absolute atomic E-state index is 10.7. The highest BCUT2D eigenvalue weighted by Crippen LogP contribution is 2.42. The van der Waals surface area contributed by atoms with Gasteiger partial charge in [-0.1, -0.05) is 45.9 Å². The quantitative estimate of drug-likeness (QED) is 0.835. The normalized spacial score (nSPS) is 14.4. The minimum atomic E-state index is -0.845. The standard InChI is InChI=1S/C13H12BrN3O2S/c14-10-4-2-1-3-9(10)12-15-16-13(20-7-11(18)19)17(12)8-5-6-8/h1-4,8H,5-7H2,(H,18,19). The maximum atomic E-state index is 10.7. The van der Waals surface area contributed by atoms with Gasteiger partial charge in [0.05, 0.1) is 5.75 Å². The Labute approximate surface area is 128 Å². The Hall–Kier alpha value is -1.34. The molecule has 1 aliphatic rings. The Balaban J connectivity index is 1.99. The van der Waals surface area contributed by atoms with E-state index in [-0.39, 0.29) is 5.75 Å². The van der Waals surface area contributed by atoms with Crippen LogP contribution in [0, 0.1) is 0 Å². The fraction of sp³-hybridized carbons (Fsp3) is 0.308. The van der Waals surface area contributed by atoms with Crippen molar-refractivity contribution in [3.8, 4) is 11.4 Å². The van der Waals surface area contributed by atoms with E-state index in [0.29, 0.717) is 11.2 Å². The minimum Gasteiger partial charge on any atom is -0.481 e. The van der Waals surface area contributed by atoms with Gasteiger partial charge in [-0.25, -0.2) is 0 Å². The molecule has 0 unspecified atom stereocenters. The first-order valence-corrected chi connectivity index (χ1v) is 7.99. The fourth-order valence-corrected chi connectivity index (χ4v) is 3.18. The first-order valence-electron chi connectivity index (χ1n) is 6.21. The Morgan fingerprint density at radius 1 is 1.40 bits per heavy atom. The first kappa shape index (κ1) is 13.6. The number of rotatable bonds is 5. The lowest BCUT2D eigenvalue weighted by atomic mass is 10.2. The zero-order valence-corrected chi connectivity index (χ0v) is 12.9. The van der Waals surface area contributed by atoms with Crippen LogP contribution in [-0.2, 0) is 4.79 Å². The zero-order chi connectivity index (χ0) is 14.1. The number of benzene rings is 1. The van der Waals surface area contributed by atoms with Crippen LogP contribution in [0.5, 0.6) is 0 Å². The first-order chi connectivity index (χ1) is 9.66. The lowest BCUT2D eigenvalue weighted by Gasteiger charge is -2.09. The van der Waals surface area contributed by atoms with Crippen LogP contribution in [0.15, 0.2) is 33.9 Å². The van der Waals surface area contributed by atoms with Crippen LogP contribution in [0.2, 0.25) is 0 Å². The van der Waals surface area contributed by atoms with E-state index in [2.05, 4.69) is 30.7 Å². The van der Waals surface area contributed by atoms with Gasteiger partial charge in [0.2, 0.25) is 0 Å². The second-order valence-corrected chi connectivity index (χ2v) is 6.37. The molecule has 1 aliphatic carbocycles. The number of carbonyl (C=O) groups is 1. The highest BCUT2D eigenvalue weighted by Gasteiger charge is 2.30. The number of nitrogens with zero attached hydrogens (tertiary/aromatic N) is 3. The number of halogens is 1. The van der Waals surface area contributed by atoms with Crippen molar-refractivity contribution in [2.45, 2.75) is 24.0 Å². The Kier molecular flexibility index (Phi) is 3.80. The van der Waals surface area contributed by atoms with Crippen LogP contribution < -0.4 is 0 Å². The molecule has 20 heavy (non-hydrogen) atoms. The number of thioether (sulfide) groups is 1. The van der Waals surface area contributed by atoms with Gasteiger partial charge in [-0.2, -0.15) is 0 Å². The third kappa shape index (κ3) is 2.73. The molecule has 7 heteroatoms. The SMILES string of the molecule is O=C(O)CSc1nnc(-c2ccccc2Br)n1C1CC1. The average Bonchev–Trinajstić information content (AvgIpc) is 3.17. The van der Waals surface area contributed by atoms with Crippen LogP contribution in [0.25, 0.3) is 11.4 Å². The molecular formula is C13H12BrN3O2S. The molecule has 2 aromatic rings. The number of hydrogen-bond acceptors (Lipinski definition) is 4. The summed E-state index contributed by atoms with van der Waals surface area (Å²) in [6.07, 6.45) is 2.19. The summed E-state index contributed by atoms with van der Waals surface area (Å²) in [5.74, 6) is -0.0449. The summed E-state index contributed by atoms with van der Waals surface area (Å²) < 4.78 is 3.03. The highest BCUT2D eigenvalue weighted by atomic mass is 79.9. The second-order valence-electron chi connectivity index (χ2n) is 4.57. The van der Waals surface area contributed by atoms with Gasteiger partial charge in [-0.3, -0.25) is 9.36 Å². The molecule has 0 bridgehead atoms. The van der Waals surface area contributed by atoms with Crippen LogP contribution in [-0.4, -0.2) is 31.6 Å². The molecule has 0 radical (unpaired) electrons. The summed E-state index contributed by atoms with van der Waals surface area (Å²) in [6, 6.07) is 8.24. The average molecular weight is 354 g/mol. The van der Waals surface area contributed by atoms with Crippen molar-refractivity contribution < 1.29 is 9.90 Å². The van der Waals surface area contributed by atoms with Crippen molar-refractivity contribution in [2.75, 3.05) is 5.75 Å². The molecule has 3 rings (SSSR count). The summed E-state index contributed by atoms with van der Waals surface area (Å²) >= 11 is 4.75. The molecular weight excluding hydrogens is 342 g/mol. The summed E-state index contributed by atoms with van der Waals surface area (Å²) in [7, 11) is 0. The number of hydrogen-bond donors (Lipinski definition) is 1. The molecule has 5 nitrogen and oxygen atoms in total. The van der Waals surface area contributed by atoms with Gasteiger partial charge in [-0.15, -0.1) is 10.2 Å². The van der Waals surface area contributed by atoms with Crippen molar-refractivity contribution in [1.29, 1.82) is 0 Å². The van der Waals surface area contributed by atoms with E-state index in [1.807, 2.05) is 24.3 Å². The molecule has 0 spiro atoms. The third-order valence-electron chi connectivity index (χ3n) is 3.02. The van der Waals surface area contributed by atoms with Crippen molar-refractivity contribution in [1.82, 2.24) is 14.8 Å². The molecule has 1 saturated carbocycles. The van der Waals surface area contributed by atoms with Crippen molar-refractivity contribution >= 4 is 33.7 Å². The van der Waals surface area contributed by atoms with Gasteiger partial charge in [-0.05, 0) is 18.9 Å². The molecule has 104 valence electrons. The number of aliphatic carboxylic acids is 1. The Morgan fingerprint density at radius 2 is 2.15 bits per heavy atom. The predicted octanol–water partition coefficient (Wildman–Crippen LogP) is 3.22. The van der Waals surface area contributed by atoms with E-state index in [1.165, 1.54) is 11.8 Å². The summed E-state index contributed by atoms with van der Waals surface area (Å²) in [5.41, 5.74) is 0.981. The van der Waals surface area contributed by atoms with E-state index in [4.69, 9.17) is 5.11 Å². The van der Waals surface area contributed by atoms with Crippen molar-refractivity contribution in [2.24, 2.45) is 0 Å². The van der Waals surface area contributed by atoms with Gasteiger partial charge in [0.1, 0.15) is 0 Å². The molecule has 1 aromatic heterocycles. The van der Waals surface area contributed by atoms with Crippen molar-refractivity contribution in [3.63, 3.8) is 0 Å². The van der Waals surface area contributed by atoms with Crippen LogP contribution in [0.3, 0.4) is 0 Å².